The first-order valence-electron chi connectivity index (χ1n) is 9.64. The summed E-state index contributed by atoms with van der Waals surface area (Å²) in [6.45, 7) is 9.57. The van der Waals surface area contributed by atoms with Crippen molar-refractivity contribution in [3.63, 3.8) is 0 Å². The summed E-state index contributed by atoms with van der Waals surface area (Å²) in [5, 5.41) is 21.3. The van der Waals surface area contributed by atoms with Gasteiger partial charge in [-0.2, -0.15) is 0 Å². The number of aliphatic hydroxyl groups is 2. The van der Waals surface area contributed by atoms with Crippen LogP contribution in [0.1, 0.15) is 66.7 Å². The summed E-state index contributed by atoms with van der Waals surface area (Å²) in [5.41, 5.74) is 0. The summed E-state index contributed by atoms with van der Waals surface area (Å²) in [4.78, 5) is 0. The highest BCUT2D eigenvalue weighted by atomic mass is 16.8. The zero-order valence-electron chi connectivity index (χ0n) is 16.7. The number of aliphatic hydroxyl groups excluding tert-OH is 2. The lowest BCUT2D eigenvalue weighted by molar-refractivity contribution is -0.179. The molecule has 2 N–H and O–H groups in total. The molecule has 0 unspecified atom stereocenters. The first-order valence-corrected chi connectivity index (χ1v) is 9.64. The highest BCUT2D eigenvalue weighted by Gasteiger charge is 2.51. The van der Waals surface area contributed by atoms with Crippen molar-refractivity contribution in [2.75, 3.05) is 6.61 Å². The molecule has 0 aromatic carbocycles. The molecule has 0 amide bonds. The Morgan fingerprint density at radius 3 is 2.27 bits per heavy atom. The van der Waals surface area contributed by atoms with E-state index in [4.69, 9.17) is 18.9 Å². The molecule has 150 valence electrons. The average Bonchev–Trinajstić information content (AvgIpc) is 3.08. The van der Waals surface area contributed by atoms with Crippen molar-refractivity contribution in [1.29, 1.82) is 0 Å². The van der Waals surface area contributed by atoms with E-state index in [-0.39, 0.29) is 13.0 Å². The van der Waals surface area contributed by atoms with Crippen LogP contribution in [0.15, 0.2) is 0 Å². The molecule has 2 aliphatic rings. The molecule has 2 saturated heterocycles. The summed E-state index contributed by atoms with van der Waals surface area (Å²) in [6.07, 6.45) is 0.820. The molecular formula is C20H34O6. The van der Waals surface area contributed by atoms with Crippen molar-refractivity contribution in [2.45, 2.75) is 109 Å². The Labute approximate surface area is 157 Å². The Kier molecular flexibility index (Phi) is 7.49. The summed E-state index contributed by atoms with van der Waals surface area (Å²) in [6, 6.07) is 0. The van der Waals surface area contributed by atoms with Crippen molar-refractivity contribution < 1.29 is 29.2 Å². The predicted molar refractivity (Wildman–Crippen MR) is 97.3 cm³/mol. The second-order valence-corrected chi connectivity index (χ2v) is 8.00. The molecule has 0 aliphatic carbocycles. The van der Waals surface area contributed by atoms with E-state index in [1.807, 2.05) is 0 Å². The second kappa shape index (κ2) is 9.01. The van der Waals surface area contributed by atoms with E-state index < -0.39 is 42.1 Å². The molecule has 6 heteroatoms. The number of hydrogen-bond acceptors (Lipinski definition) is 6. The molecule has 0 aromatic heterocycles. The molecule has 0 radical (unpaired) electrons. The van der Waals surface area contributed by atoms with Gasteiger partial charge in [0.2, 0.25) is 0 Å². The smallest absolute Gasteiger partial charge is 0.164 e. The van der Waals surface area contributed by atoms with Crippen molar-refractivity contribution in [3.05, 3.63) is 0 Å². The second-order valence-electron chi connectivity index (χ2n) is 8.00. The maximum absolute atomic E-state index is 10.7. The van der Waals surface area contributed by atoms with Gasteiger partial charge in [0.05, 0.1) is 12.7 Å². The maximum atomic E-state index is 10.7. The molecule has 5 atom stereocenters. The van der Waals surface area contributed by atoms with Crippen molar-refractivity contribution in [1.82, 2.24) is 0 Å². The minimum Gasteiger partial charge on any atom is -0.389 e. The van der Waals surface area contributed by atoms with Gasteiger partial charge in [-0.05, 0) is 34.1 Å². The van der Waals surface area contributed by atoms with E-state index in [0.29, 0.717) is 0 Å². The lowest BCUT2D eigenvalue weighted by Crippen LogP contribution is -2.48. The van der Waals surface area contributed by atoms with Gasteiger partial charge in [-0.15, -0.1) is 11.8 Å². The molecule has 0 spiro atoms. The Bertz CT molecular complexity index is 506. The highest BCUT2D eigenvalue weighted by Crippen LogP contribution is 2.35. The van der Waals surface area contributed by atoms with Crippen LogP contribution in [-0.4, -0.2) is 58.9 Å². The van der Waals surface area contributed by atoms with Gasteiger partial charge < -0.3 is 29.2 Å². The zero-order valence-corrected chi connectivity index (χ0v) is 16.7. The molecule has 2 fully saturated rings. The number of rotatable bonds is 7. The van der Waals surface area contributed by atoms with Crippen molar-refractivity contribution in [2.24, 2.45) is 0 Å². The zero-order chi connectivity index (χ0) is 19.4. The van der Waals surface area contributed by atoms with Gasteiger partial charge in [0, 0.05) is 12.8 Å². The fourth-order valence-corrected chi connectivity index (χ4v) is 3.32. The van der Waals surface area contributed by atoms with E-state index in [0.717, 1.165) is 19.3 Å². The molecule has 2 aliphatic heterocycles. The largest absolute Gasteiger partial charge is 0.389 e. The normalized spacial score (nSPS) is 32.0. The van der Waals surface area contributed by atoms with Gasteiger partial charge in [0.1, 0.15) is 24.4 Å². The van der Waals surface area contributed by atoms with Gasteiger partial charge in [-0.1, -0.05) is 19.8 Å². The number of unbranched alkanes of at least 4 members (excludes halogenated alkanes) is 3. The van der Waals surface area contributed by atoms with Crippen LogP contribution in [-0.2, 0) is 18.9 Å². The lowest BCUT2D eigenvalue weighted by atomic mass is 9.98. The topological polar surface area (TPSA) is 77.4 Å². The quantitative estimate of drug-likeness (QED) is 0.529. The molecule has 26 heavy (non-hydrogen) atoms. The Hall–Kier alpha value is -0.680. The van der Waals surface area contributed by atoms with Gasteiger partial charge in [-0.3, -0.25) is 0 Å². The maximum Gasteiger partial charge on any atom is 0.164 e. The van der Waals surface area contributed by atoms with Gasteiger partial charge in [0.15, 0.2) is 11.6 Å². The minimum atomic E-state index is -0.962. The Morgan fingerprint density at radius 1 is 0.962 bits per heavy atom. The van der Waals surface area contributed by atoms with E-state index in [1.54, 1.807) is 27.7 Å². The fourth-order valence-electron chi connectivity index (χ4n) is 3.32. The SMILES string of the molecule is CCCCCC#CC[C@@H](O)[C@H]1OC(C)(C)O[C@H]1[C@H](O)[C@H]1COC(C)(C)O1. The van der Waals surface area contributed by atoms with Crippen LogP contribution >= 0.6 is 0 Å². The van der Waals surface area contributed by atoms with Gasteiger partial charge in [0.25, 0.3) is 0 Å². The summed E-state index contributed by atoms with van der Waals surface area (Å²) in [7, 11) is 0. The molecular weight excluding hydrogens is 336 g/mol. The van der Waals surface area contributed by atoms with Crippen LogP contribution < -0.4 is 0 Å². The summed E-state index contributed by atoms with van der Waals surface area (Å²) < 4.78 is 23.0. The van der Waals surface area contributed by atoms with E-state index >= 15 is 0 Å². The summed E-state index contributed by atoms with van der Waals surface area (Å²) >= 11 is 0. The van der Waals surface area contributed by atoms with Crippen LogP contribution in [0.4, 0.5) is 0 Å². The molecule has 0 bridgehead atoms. The van der Waals surface area contributed by atoms with E-state index in [1.165, 1.54) is 6.42 Å². The third kappa shape index (κ3) is 5.91. The molecule has 0 aromatic rings. The van der Waals surface area contributed by atoms with E-state index in [2.05, 4.69) is 18.8 Å². The fraction of sp³-hybridized carbons (Fsp3) is 0.900. The van der Waals surface area contributed by atoms with Crippen molar-refractivity contribution >= 4 is 0 Å². The van der Waals surface area contributed by atoms with Crippen LogP contribution in [0.5, 0.6) is 0 Å². The lowest BCUT2D eigenvalue weighted by Gasteiger charge is -2.28. The van der Waals surface area contributed by atoms with Crippen LogP contribution in [0.3, 0.4) is 0 Å². The Morgan fingerprint density at radius 2 is 1.65 bits per heavy atom. The highest BCUT2D eigenvalue weighted by molar-refractivity contribution is 5.04. The molecule has 2 rings (SSSR count). The first-order chi connectivity index (χ1) is 12.2. The van der Waals surface area contributed by atoms with Crippen LogP contribution in [0.2, 0.25) is 0 Å². The third-order valence-corrected chi connectivity index (χ3v) is 4.63. The first kappa shape index (κ1) is 21.6. The monoisotopic (exact) mass is 370 g/mol. The van der Waals surface area contributed by atoms with Crippen LogP contribution in [0, 0.1) is 11.8 Å². The van der Waals surface area contributed by atoms with E-state index in [9.17, 15) is 10.2 Å². The van der Waals surface area contributed by atoms with Gasteiger partial charge in [-0.25, -0.2) is 0 Å². The van der Waals surface area contributed by atoms with Crippen LogP contribution in [0.25, 0.3) is 0 Å². The number of ether oxygens (including phenoxy) is 4. The summed E-state index contributed by atoms with van der Waals surface area (Å²) in [5.74, 6) is 4.48. The minimum absolute atomic E-state index is 0.272. The third-order valence-electron chi connectivity index (χ3n) is 4.63. The standard InChI is InChI=1S/C20H34O6/c1-6-7-8-9-10-11-12-14(21)17-18(26-20(4,5)25-17)16(22)15-13-23-19(2,3)24-15/h14-18,21-22H,6-9,12-13H2,1-5H3/t14-,15-,16-,17-,18+/m1/s1. The molecule has 6 nitrogen and oxygen atoms in total. The Balaban J connectivity index is 1.96. The predicted octanol–water partition coefficient (Wildman–Crippen LogP) is 2.35. The number of hydrogen-bond donors (Lipinski definition) is 2. The molecule has 2 heterocycles. The van der Waals surface area contributed by atoms with Gasteiger partial charge >= 0.3 is 0 Å². The molecule has 0 saturated carbocycles. The average molecular weight is 370 g/mol. The van der Waals surface area contributed by atoms with Crippen molar-refractivity contribution in [3.8, 4) is 11.8 Å².